The molecule has 2 nitrogen and oxygen atoms in total. The van der Waals surface area contributed by atoms with Crippen LogP contribution < -0.4 is 5.32 Å². The highest BCUT2D eigenvalue weighted by molar-refractivity contribution is 4.74. The molecule has 0 saturated carbocycles. The smallest absolute Gasteiger partial charge is 0.0167 e. The van der Waals surface area contributed by atoms with Crippen LogP contribution in [0.5, 0.6) is 0 Å². The van der Waals surface area contributed by atoms with Crippen molar-refractivity contribution in [2.75, 3.05) is 26.2 Å². The van der Waals surface area contributed by atoms with Gasteiger partial charge < -0.3 is 10.2 Å². The first-order valence-corrected chi connectivity index (χ1v) is 6.28. The molecular weight excluding hydrogens is 172 g/mol. The third-order valence-corrected chi connectivity index (χ3v) is 3.03. The van der Waals surface area contributed by atoms with E-state index in [1.165, 1.54) is 58.3 Å². The lowest BCUT2D eigenvalue weighted by Gasteiger charge is -2.31. The van der Waals surface area contributed by atoms with E-state index in [1.54, 1.807) is 0 Å². The molecule has 14 heavy (non-hydrogen) atoms. The number of nitrogens with one attached hydrogen (secondary N) is 1. The minimum atomic E-state index is 0.694. The maximum absolute atomic E-state index is 3.48. The van der Waals surface area contributed by atoms with Crippen molar-refractivity contribution >= 4 is 0 Å². The van der Waals surface area contributed by atoms with Crippen molar-refractivity contribution in [3.05, 3.63) is 0 Å². The van der Waals surface area contributed by atoms with Gasteiger partial charge in [-0.05, 0) is 19.9 Å². The zero-order valence-corrected chi connectivity index (χ0v) is 9.89. The van der Waals surface area contributed by atoms with Gasteiger partial charge in [0.05, 0.1) is 0 Å². The lowest BCUT2D eigenvalue weighted by atomic mass is 10.1. The number of hydrogen-bond acceptors (Lipinski definition) is 2. The standard InChI is InChI=1S/C12H26N2/c1-3-4-5-6-7-9-14-10-8-13-12(2)11-14/h12-13H,3-11H2,1-2H3. The Bertz CT molecular complexity index is 136. The Kier molecular flexibility index (Phi) is 6.20. The summed E-state index contributed by atoms with van der Waals surface area (Å²) in [7, 11) is 0. The number of nitrogens with zero attached hydrogens (tertiary/aromatic N) is 1. The van der Waals surface area contributed by atoms with Gasteiger partial charge >= 0.3 is 0 Å². The summed E-state index contributed by atoms with van der Waals surface area (Å²) in [4.78, 5) is 2.60. The van der Waals surface area contributed by atoms with Crippen LogP contribution >= 0.6 is 0 Å². The lowest BCUT2D eigenvalue weighted by molar-refractivity contribution is 0.203. The average molecular weight is 198 g/mol. The summed E-state index contributed by atoms with van der Waals surface area (Å²) in [5.74, 6) is 0. The molecule has 0 spiro atoms. The van der Waals surface area contributed by atoms with E-state index in [4.69, 9.17) is 0 Å². The normalized spacial score (nSPS) is 24.0. The van der Waals surface area contributed by atoms with Gasteiger partial charge in [0, 0.05) is 25.7 Å². The van der Waals surface area contributed by atoms with Gasteiger partial charge in [-0.25, -0.2) is 0 Å². The Balaban J connectivity index is 1.95. The summed E-state index contributed by atoms with van der Waals surface area (Å²) in [5.41, 5.74) is 0. The zero-order valence-electron chi connectivity index (χ0n) is 9.89. The zero-order chi connectivity index (χ0) is 10.2. The fourth-order valence-corrected chi connectivity index (χ4v) is 2.15. The maximum Gasteiger partial charge on any atom is 0.0167 e. The number of piperazine rings is 1. The molecule has 1 N–H and O–H groups in total. The van der Waals surface area contributed by atoms with Crippen LogP contribution in [-0.2, 0) is 0 Å². The molecular formula is C12H26N2. The van der Waals surface area contributed by atoms with Crippen LogP contribution in [0.4, 0.5) is 0 Å². The summed E-state index contributed by atoms with van der Waals surface area (Å²) in [5, 5.41) is 3.48. The van der Waals surface area contributed by atoms with Crippen molar-refractivity contribution in [2.45, 2.75) is 52.0 Å². The van der Waals surface area contributed by atoms with Crippen molar-refractivity contribution in [1.29, 1.82) is 0 Å². The third-order valence-electron chi connectivity index (χ3n) is 3.03. The topological polar surface area (TPSA) is 15.3 Å². The lowest BCUT2D eigenvalue weighted by Crippen LogP contribution is -2.49. The van der Waals surface area contributed by atoms with E-state index < -0.39 is 0 Å². The molecule has 1 saturated heterocycles. The average Bonchev–Trinajstić information content (AvgIpc) is 2.18. The molecule has 1 fully saturated rings. The molecule has 84 valence electrons. The largest absolute Gasteiger partial charge is 0.312 e. The second-order valence-electron chi connectivity index (χ2n) is 4.57. The Hall–Kier alpha value is -0.0800. The molecule has 0 aromatic carbocycles. The molecule has 0 aliphatic carbocycles. The van der Waals surface area contributed by atoms with Crippen molar-refractivity contribution in [3.63, 3.8) is 0 Å². The molecule has 0 amide bonds. The summed E-state index contributed by atoms with van der Waals surface area (Å²) in [6, 6.07) is 0.694. The monoisotopic (exact) mass is 198 g/mol. The van der Waals surface area contributed by atoms with Gasteiger partial charge in [-0.2, -0.15) is 0 Å². The second-order valence-corrected chi connectivity index (χ2v) is 4.57. The van der Waals surface area contributed by atoms with Crippen LogP contribution in [0.3, 0.4) is 0 Å². The highest BCUT2D eigenvalue weighted by atomic mass is 15.2. The van der Waals surface area contributed by atoms with E-state index >= 15 is 0 Å². The first kappa shape index (κ1) is 12.0. The van der Waals surface area contributed by atoms with Crippen LogP contribution in [0, 0.1) is 0 Å². The van der Waals surface area contributed by atoms with Gasteiger partial charge in [0.1, 0.15) is 0 Å². The van der Waals surface area contributed by atoms with Gasteiger partial charge in [-0.3, -0.25) is 0 Å². The van der Waals surface area contributed by atoms with Gasteiger partial charge in [0.2, 0.25) is 0 Å². The van der Waals surface area contributed by atoms with Crippen LogP contribution in [0.2, 0.25) is 0 Å². The second kappa shape index (κ2) is 7.24. The number of unbranched alkanes of at least 4 members (excludes halogenated alkanes) is 4. The molecule has 2 heteroatoms. The molecule has 1 aliphatic heterocycles. The quantitative estimate of drug-likeness (QED) is 0.659. The van der Waals surface area contributed by atoms with Crippen LogP contribution in [-0.4, -0.2) is 37.1 Å². The molecule has 1 aliphatic rings. The molecule has 1 atom stereocenters. The molecule has 0 bridgehead atoms. The van der Waals surface area contributed by atoms with Crippen molar-refractivity contribution < 1.29 is 0 Å². The molecule has 0 aromatic heterocycles. The molecule has 1 unspecified atom stereocenters. The van der Waals surface area contributed by atoms with Gasteiger partial charge in [0.15, 0.2) is 0 Å². The summed E-state index contributed by atoms with van der Waals surface area (Å²) in [6.45, 7) is 9.54. The maximum atomic E-state index is 3.48. The molecule has 1 heterocycles. The van der Waals surface area contributed by atoms with Crippen LogP contribution in [0.25, 0.3) is 0 Å². The Morgan fingerprint density at radius 3 is 2.71 bits per heavy atom. The van der Waals surface area contributed by atoms with E-state index in [0.717, 1.165) is 0 Å². The van der Waals surface area contributed by atoms with Crippen molar-refractivity contribution in [1.82, 2.24) is 10.2 Å². The SMILES string of the molecule is CCCCCCCN1CCNC(C)C1. The van der Waals surface area contributed by atoms with E-state index in [0.29, 0.717) is 6.04 Å². The van der Waals surface area contributed by atoms with E-state index in [-0.39, 0.29) is 0 Å². The fourth-order valence-electron chi connectivity index (χ4n) is 2.15. The van der Waals surface area contributed by atoms with Gasteiger partial charge in [0.25, 0.3) is 0 Å². The van der Waals surface area contributed by atoms with Gasteiger partial charge in [-0.15, -0.1) is 0 Å². The van der Waals surface area contributed by atoms with E-state index in [2.05, 4.69) is 24.1 Å². The van der Waals surface area contributed by atoms with Crippen molar-refractivity contribution in [3.8, 4) is 0 Å². The predicted octanol–water partition coefficient (Wildman–Crippen LogP) is 2.25. The summed E-state index contributed by atoms with van der Waals surface area (Å²) < 4.78 is 0. The minimum Gasteiger partial charge on any atom is -0.312 e. The minimum absolute atomic E-state index is 0.694. The van der Waals surface area contributed by atoms with E-state index in [9.17, 15) is 0 Å². The highest BCUT2D eigenvalue weighted by Crippen LogP contribution is 2.05. The van der Waals surface area contributed by atoms with Gasteiger partial charge in [-0.1, -0.05) is 32.6 Å². The molecule has 0 aromatic rings. The predicted molar refractivity (Wildman–Crippen MR) is 62.7 cm³/mol. The Labute approximate surface area is 89.1 Å². The van der Waals surface area contributed by atoms with Crippen LogP contribution in [0.1, 0.15) is 46.0 Å². The molecule has 1 rings (SSSR count). The third kappa shape index (κ3) is 4.97. The van der Waals surface area contributed by atoms with E-state index in [1.807, 2.05) is 0 Å². The summed E-state index contributed by atoms with van der Waals surface area (Å²) in [6.07, 6.45) is 7.01. The summed E-state index contributed by atoms with van der Waals surface area (Å²) >= 11 is 0. The first-order valence-electron chi connectivity index (χ1n) is 6.28. The van der Waals surface area contributed by atoms with Crippen molar-refractivity contribution in [2.24, 2.45) is 0 Å². The Morgan fingerprint density at radius 1 is 1.21 bits per heavy atom. The number of hydrogen-bond donors (Lipinski definition) is 1. The highest BCUT2D eigenvalue weighted by Gasteiger charge is 2.14. The fraction of sp³-hybridized carbons (Fsp3) is 1.00. The first-order chi connectivity index (χ1) is 6.83. The number of rotatable bonds is 6. The molecule has 0 radical (unpaired) electrons. The Morgan fingerprint density at radius 2 is 2.00 bits per heavy atom. The van der Waals surface area contributed by atoms with Crippen LogP contribution in [0.15, 0.2) is 0 Å².